The molecule has 2 aromatic heterocycles. The molecule has 0 saturated carbocycles. The van der Waals surface area contributed by atoms with Gasteiger partial charge in [0.05, 0.1) is 23.5 Å². The first-order valence-electron chi connectivity index (χ1n) is 11.5. The highest BCUT2D eigenvalue weighted by Crippen LogP contribution is 2.41. The van der Waals surface area contributed by atoms with Crippen LogP contribution >= 0.6 is 0 Å². The molecule has 2 atom stereocenters. The van der Waals surface area contributed by atoms with Gasteiger partial charge in [-0.1, -0.05) is 12.1 Å². The summed E-state index contributed by atoms with van der Waals surface area (Å²) < 4.78 is 5.14. The minimum absolute atomic E-state index is 0.0405. The number of carbonyl (C=O) groups is 2. The smallest absolute Gasteiger partial charge is 0.321 e. The van der Waals surface area contributed by atoms with Crippen LogP contribution in [-0.4, -0.2) is 73.7 Å². The highest BCUT2D eigenvalue weighted by molar-refractivity contribution is 6.02. The van der Waals surface area contributed by atoms with Gasteiger partial charge in [-0.2, -0.15) is 5.10 Å². The third-order valence-electron chi connectivity index (χ3n) is 7.26. The van der Waals surface area contributed by atoms with E-state index in [-0.39, 0.29) is 17.8 Å². The van der Waals surface area contributed by atoms with E-state index in [1.165, 1.54) is 6.42 Å². The molecule has 3 aliphatic rings. The van der Waals surface area contributed by atoms with Crippen LogP contribution in [0.3, 0.4) is 0 Å². The van der Waals surface area contributed by atoms with Crippen molar-refractivity contribution in [3.8, 4) is 0 Å². The normalized spacial score (nSPS) is 24.5. The van der Waals surface area contributed by atoms with Crippen molar-refractivity contribution in [3.63, 3.8) is 0 Å². The number of aromatic nitrogens is 3. The van der Waals surface area contributed by atoms with Gasteiger partial charge in [0.1, 0.15) is 0 Å². The molecule has 2 aromatic rings. The predicted molar refractivity (Wildman–Crippen MR) is 117 cm³/mol. The molecule has 10 nitrogen and oxygen atoms in total. The van der Waals surface area contributed by atoms with Crippen molar-refractivity contribution in [1.29, 1.82) is 0 Å². The molecule has 0 aromatic carbocycles. The summed E-state index contributed by atoms with van der Waals surface area (Å²) in [5.41, 5.74) is 1.84. The molecule has 0 bridgehead atoms. The number of H-pyrrole nitrogens is 1. The van der Waals surface area contributed by atoms with Gasteiger partial charge in [0.25, 0.3) is 5.91 Å². The molecule has 10 heteroatoms. The van der Waals surface area contributed by atoms with E-state index in [1.807, 2.05) is 30.6 Å². The lowest BCUT2D eigenvalue weighted by atomic mass is 10.0. The van der Waals surface area contributed by atoms with E-state index in [2.05, 4.69) is 32.5 Å². The molecule has 2 fully saturated rings. The number of aryl methyl sites for hydroxylation is 1. The maximum absolute atomic E-state index is 13.7. The van der Waals surface area contributed by atoms with Crippen molar-refractivity contribution in [1.82, 2.24) is 30.1 Å². The summed E-state index contributed by atoms with van der Waals surface area (Å²) in [6.45, 7) is 11.3. The lowest BCUT2D eigenvalue weighted by Crippen LogP contribution is -2.60. The molecule has 0 unspecified atom stereocenters. The van der Waals surface area contributed by atoms with E-state index in [9.17, 15) is 9.59 Å². The first-order valence-corrected chi connectivity index (χ1v) is 11.5. The number of nitrogens with one attached hydrogen (secondary N) is 2. The van der Waals surface area contributed by atoms with Gasteiger partial charge in [0.2, 0.25) is 5.76 Å². The molecule has 5 heterocycles. The Bertz CT molecular complexity index is 1040. The number of anilines is 1. The Morgan fingerprint density at radius 2 is 2.16 bits per heavy atom. The first kappa shape index (κ1) is 21.0. The van der Waals surface area contributed by atoms with E-state index in [0.717, 1.165) is 43.0 Å². The Hall–Kier alpha value is -2.88. The number of nitrogens with zero attached hydrogens (tertiary/aromatic N) is 5. The minimum Gasteiger partial charge on any atom is -0.351 e. The molecule has 32 heavy (non-hydrogen) atoms. The van der Waals surface area contributed by atoms with Crippen molar-refractivity contribution < 1.29 is 14.1 Å². The number of hydrogen-bond acceptors (Lipinski definition) is 6. The van der Waals surface area contributed by atoms with E-state index in [4.69, 9.17) is 4.52 Å². The van der Waals surface area contributed by atoms with Crippen LogP contribution in [0, 0.1) is 0 Å². The van der Waals surface area contributed by atoms with E-state index >= 15 is 0 Å². The summed E-state index contributed by atoms with van der Waals surface area (Å²) in [4.78, 5) is 32.7. The molecule has 0 radical (unpaired) electrons. The molecule has 172 valence electrons. The van der Waals surface area contributed by atoms with Crippen LogP contribution in [0.4, 0.5) is 10.6 Å². The van der Waals surface area contributed by atoms with Crippen molar-refractivity contribution >= 4 is 17.8 Å². The Kier molecular flexibility index (Phi) is 4.99. The van der Waals surface area contributed by atoms with Gasteiger partial charge in [-0.05, 0) is 46.6 Å². The van der Waals surface area contributed by atoms with Crippen LogP contribution in [0.25, 0.3) is 0 Å². The molecule has 0 aliphatic carbocycles. The molecule has 3 aliphatic heterocycles. The van der Waals surface area contributed by atoms with E-state index in [1.54, 1.807) is 6.07 Å². The molecule has 2 saturated heterocycles. The molecule has 0 spiro atoms. The summed E-state index contributed by atoms with van der Waals surface area (Å²) >= 11 is 0. The summed E-state index contributed by atoms with van der Waals surface area (Å²) in [7, 11) is 0. The highest BCUT2D eigenvalue weighted by atomic mass is 16.5. The van der Waals surface area contributed by atoms with Crippen molar-refractivity contribution in [2.75, 3.05) is 25.0 Å². The lowest BCUT2D eigenvalue weighted by Gasteiger charge is -2.45. The number of piperazine rings is 1. The summed E-state index contributed by atoms with van der Waals surface area (Å²) in [6.07, 6.45) is 3.05. The quantitative estimate of drug-likeness (QED) is 0.757. The Morgan fingerprint density at radius 1 is 1.34 bits per heavy atom. The molecule has 2 N–H and O–H groups in total. The van der Waals surface area contributed by atoms with Crippen molar-refractivity contribution in [2.45, 2.75) is 71.1 Å². The van der Waals surface area contributed by atoms with Gasteiger partial charge in [-0.15, -0.1) is 0 Å². The summed E-state index contributed by atoms with van der Waals surface area (Å²) in [6, 6.07) is 2.30. The fourth-order valence-corrected chi connectivity index (χ4v) is 5.29. The number of aromatic amines is 1. The first-order chi connectivity index (χ1) is 15.3. The second-order valence-electron chi connectivity index (χ2n) is 9.64. The Balaban J connectivity index is 1.34. The summed E-state index contributed by atoms with van der Waals surface area (Å²) in [5, 5.41) is 14.1. The Morgan fingerprint density at radius 3 is 2.91 bits per heavy atom. The van der Waals surface area contributed by atoms with Gasteiger partial charge >= 0.3 is 6.03 Å². The van der Waals surface area contributed by atoms with Crippen LogP contribution in [0.2, 0.25) is 0 Å². The average Bonchev–Trinajstić information content (AvgIpc) is 3.52. The van der Waals surface area contributed by atoms with Crippen LogP contribution in [0.5, 0.6) is 0 Å². The topological polar surface area (TPSA) is 111 Å². The van der Waals surface area contributed by atoms with E-state index in [0.29, 0.717) is 24.8 Å². The monoisotopic (exact) mass is 441 g/mol. The van der Waals surface area contributed by atoms with Gasteiger partial charge in [-0.3, -0.25) is 14.8 Å². The van der Waals surface area contributed by atoms with Crippen LogP contribution in [-0.2, 0) is 18.5 Å². The number of urea groups is 1. The average molecular weight is 442 g/mol. The number of rotatable bonds is 3. The van der Waals surface area contributed by atoms with Gasteiger partial charge < -0.3 is 19.6 Å². The Labute approximate surface area is 187 Å². The zero-order valence-corrected chi connectivity index (χ0v) is 19.1. The van der Waals surface area contributed by atoms with Gasteiger partial charge in [-0.25, -0.2) is 4.79 Å². The number of fused-ring (bicyclic) bond motifs is 2. The maximum atomic E-state index is 13.7. The molecule has 5 rings (SSSR count). The highest BCUT2D eigenvalue weighted by Gasteiger charge is 2.47. The SMILES string of the molecule is CCc1cc(C(=O)Nc2n[nH]c3c2CN(C(=O)N2C[C@@H]4CCCN4C[C@@H]2C)C3(C)C)on1. The molecular formula is C22H31N7O3. The largest absolute Gasteiger partial charge is 0.351 e. The second-order valence-corrected chi connectivity index (χ2v) is 9.64. The summed E-state index contributed by atoms with van der Waals surface area (Å²) in [5.74, 6) is 0.170. The van der Waals surface area contributed by atoms with Crippen LogP contribution in [0.1, 0.15) is 68.0 Å². The zero-order valence-electron chi connectivity index (χ0n) is 19.1. The third-order valence-corrected chi connectivity index (χ3v) is 7.26. The fourth-order valence-electron chi connectivity index (χ4n) is 5.29. The van der Waals surface area contributed by atoms with E-state index < -0.39 is 11.4 Å². The number of carbonyl (C=O) groups excluding carboxylic acids is 2. The second kappa shape index (κ2) is 7.61. The van der Waals surface area contributed by atoms with Gasteiger partial charge in [0.15, 0.2) is 5.82 Å². The lowest BCUT2D eigenvalue weighted by molar-refractivity contribution is 0.0454. The van der Waals surface area contributed by atoms with Crippen molar-refractivity contribution in [2.24, 2.45) is 0 Å². The standard InChI is InChI=1S/C22H31N7O3/c1-5-14-9-17(32-26-14)20(30)23-19-16-12-29(22(3,4)18(16)24-25-19)21(31)28-11-15-7-6-8-27(15)10-13(28)2/h9,13,15H,5-8,10-12H2,1-4H3,(H2,23,24,25,30)/t13-,15-/m0/s1. The third kappa shape index (κ3) is 3.28. The molecular weight excluding hydrogens is 410 g/mol. The number of amides is 3. The fraction of sp³-hybridized carbons (Fsp3) is 0.636. The maximum Gasteiger partial charge on any atom is 0.321 e. The van der Waals surface area contributed by atoms with Crippen molar-refractivity contribution in [3.05, 3.63) is 28.8 Å². The van der Waals surface area contributed by atoms with Crippen LogP contribution < -0.4 is 5.32 Å². The molecule has 3 amide bonds. The zero-order chi connectivity index (χ0) is 22.6. The minimum atomic E-state index is -0.559. The van der Waals surface area contributed by atoms with Gasteiger partial charge in [0, 0.05) is 36.8 Å². The predicted octanol–water partition coefficient (Wildman–Crippen LogP) is 2.55. The number of hydrogen-bond donors (Lipinski definition) is 2. The van der Waals surface area contributed by atoms with Crippen LogP contribution in [0.15, 0.2) is 10.6 Å².